The number of aliphatic hydroxyl groups is 2. The summed E-state index contributed by atoms with van der Waals surface area (Å²) in [6, 6.07) is -0.975. The molecule has 0 aromatic carbocycles. The SMILES string of the molecule is CCCCCCCCCCC/C=C/C(O)C(COP(=O)(O)OCCN)NC(=O)CC(O)CCCCCCCCCCCCCCC. The van der Waals surface area contributed by atoms with Crippen molar-refractivity contribution < 1.29 is 33.5 Å². The lowest BCUT2D eigenvalue weighted by atomic mass is 10.0. The molecule has 274 valence electrons. The van der Waals surface area contributed by atoms with Crippen molar-refractivity contribution in [1.29, 1.82) is 0 Å². The number of carbonyl (C=O) groups excluding carboxylic acids is 1. The highest BCUT2D eigenvalue weighted by molar-refractivity contribution is 7.47. The van der Waals surface area contributed by atoms with Crippen LogP contribution in [0.15, 0.2) is 12.2 Å². The van der Waals surface area contributed by atoms with E-state index in [4.69, 9.17) is 14.8 Å². The Morgan fingerprint density at radius 2 is 1.20 bits per heavy atom. The molecule has 1 amide bonds. The van der Waals surface area contributed by atoms with E-state index >= 15 is 0 Å². The van der Waals surface area contributed by atoms with Crippen molar-refractivity contribution in [2.24, 2.45) is 5.73 Å². The van der Waals surface area contributed by atoms with Crippen molar-refractivity contribution in [3.8, 4) is 0 Å². The number of nitrogens with two attached hydrogens (primary N) is 1. The van der Waals surface area contributed by atoms with Gasteiger partial charge in [0.1, 0.15) is 0 Å². The number of phosphoric ester groups is 1. The number of phosphoric acid groups is 1. The second-order valence-corrected chi connectivity index (χ2v) is 14.4. The molecule has 0 bridgehead atoms. The minimum absolute atomic E-state index is 0.0510. The van der Waals surface area contributed by atoms with Crippen LogP contribution in [-0.2, 0) is 18.4 Å². The highest BCUT2D eigenvalue weighted by atomic mass is 31.2. The molecule has 0 radical (unpaired) electrons. The van der Waals surface area contributed by atoms with Gasteiger partial charge in [0.2, 0.25) is 5.91 Å². The third-order valence-electron chi connectivity index (χ3n) is 8.42. The van der Waals surface area contributed by atoms with Crippen LogP contribution in [0, 0.1) is 0 Å². The molecule has 0 aromatic heterocycles. The van der Waals surface area contributed by atoms with E-state index in [1.807, 2.05) is 6.08 Å². The van der Waals surface area contributed by atoms with E-state index in [2.05, 4.69) is 19.2 Å². The van der Waals surface area contributed by atoms with Gasteiger partial charge in [-0.3, -0.25) is 13.8 Å². The largest absolute Gasteiger partial charge is 0.472 e. The van der Waals surface area contributed by atoms with Crippen LogP contribution in [0.2, 0.25) is 0 Å². The zero-order chi connectivity index (χ0) is 34.1. The third-order valence-corrected chi connectivity index (χ3v) is 9.40. The monoisotopic (exact) mass is 677 g/mol. The van der Waals surface area contributed by atoms with Crippen LogP contribution in [0.1, 0.15) is 174 Å². The summed E-state index contributed by atoms with van der Waals surface area (Å²) >= 11 is 0. The molecule has 46 heavy (non-hydrogen) atoms. The van der Waals surface area contributed by atoms with Gasteiger partial charge in [0.15, 0.2) is 0 Å². The smallest absolute Gasteiger partial charge is 0.393 e. The van der Waals surface area contributed by atoms with E-state index in [1.165, 1.54) is 109 Å². The molecule has 0 aromatic rings. The van der Waals surface area contributed by atoms with Crippen LogP contribution >= 0.6 is 7.82 Å². The number of carbonyl (C=O) groups is 1. The molecular formula is C36H73N2O7P. The van der Waals surface area contributed by atoms with Crippen molar-refractivity contribution >= 4 is 13.7 Å². The fraction of sp³-hybridized carbons (Fsp3) is 0.917. The molecule has 0 heterocycles. The number of hydrogen-bond donors (Lipinski definition) is 5. The topological polar surface area (TPSA) is 151 Å². The van der Waals surface area contributed by atoms with Crippen LogP contribution in [0.5, 0.6) is 0 Å². The van der Waals surface area contributed by atoms with Crippen molar-refractivity contribution in [3.63, 3.8) is 0 Å². The van der Waals surface area contributed by atoms with E-state index in [0.29, 0.717) is 6.42 Å². The predicted octanol–water partition coefficient (Wildman–Crippen LogP) is 8.63. The molecular weight excluding hydrogens is 603 g/mol. The van der Waals surface area contributed by atoms with Crippen LogP contribution in [0.4, 0.5) is 0 Å². The van der Waals surface area contributed by atoms with Gasteiger partial charge in [0, 0.05) is 6.54 Å². The molecule has 10 heteroatoms. The Kier molecular flexibility index (Phi) is 32.2. The zero-order valence-electron chi connectivity index (χ0n) is 29.7. The molecule has 0 rings (SSSR count). The van der Waals surface area contributed by atoms with Gasteiger partial charge in [-0.1, -0.05) is 161 Å². The summed E-state index contributed by atoms with van der Waals surface area (Å²) in [6.45, 7) is 3.94. The van der Waals surface area contributed by atoms with Gasteiger partial charge in [-0.2, -0.15) is 0 Å². The Morgan fingerprint density at radius 1 is 0.739 bits per heavy atom. The Morgan fingerprint density at radius 3 is 1.67 bits per heavy atom. The van der Waals surface area contributed by atoms with E-state index in [9.17, 15) is 24.5 Å². The molecule has 0 spiro atoms. The number of amides is 1. The van der Waals surface area contributed by atoms with Crippen molar-refractivity contribution in [2.75, 3.05) is 19.8 Å². The Labute approximate surface area is 282 Å². The lowest BCUT2D eigenvalue weighted by molar-refractivity contribution is -0.124. The first kappa shape index (κ1) is 45.2. The number of rotatable bonds is 35. The molecule has 0 fully saturated rings. The summed E-state index contributed by atoms with van der Waals surface area (Å²) in [5, 5.41) is 23.9. The first-order valence-electron chi connectivity index (χ1n) is 18.9. The lowest BCUT2D eigenvalue weighted by Gasteiger charge is -2.24. The maximum Gasteiger partial charge on any atom is 0.472 e. The number of hydrogen-bond acceptors (Lipinski definition) is 7. The molecule has 6 N–H and O–H groups in total. The first-order chi connectivity index (χ1) is 22.3. The number of unbranched alkanes of at least 4 members (excludes halogenated alkanes) is 21. The van der Waals surface area contributed by atoms with Gasteiger partial charge < -0.3 is 26.2 Å². The summed E-state index contributed by atoms with van der Waals surface area (Å²) in [7, 11) is -4.38. The Hall–Kier alpha value is -0.800. The molecule has 0 aliphatic carbocycles. The second-order valence-electron chi connectivity index (χ2n) is 13.0. The summed E-state index contributed by atoms with van der Waals surface area (Å²) in [6.07, 6.45) is 30.1. The van der Waals surface area contributed by atoms with Gasteiger partial charge in [-0.05, 0) is 19.3 Å². The Balaban J connectivity index is 4.41. The average molecular weight is 677 g/mol. The first-order valence-corrected chi connectivity index (χ1v) is 20.4. The van der Waals surface area contributed by atoms with Gasteiger partial charge >= 0.3 is 7.82 Å². The van der Waals surface area contributed by atoms with Gasteiger partial charge in [0.05, 0.1) is 37.9 Å². The van der Waals surface area contributed by atoms with Gasteiger partial charge in [-0.25, -0.2) is 4.57 Å². The fourth-order valence-corrected chi connectivity index (χ4v) is 6.29. The maximum absolute atomic E-state index is 12.7. The fourth-order valence-electron chi connectivity index (χ4n) is 5.53. The summed E-state index contributed by atoms with van der Waals surface area (Å²) in [5.74, 6) is -0.446. The van der Waals surface area contributed by atoms with Gasteiger partial charge in [0.25, 0.3) is 0 Å². The number of aliphatic hydroxyl groups excluding tert-OH is 2. The third kappa shape index (κ3) is 30.5. The number of nitrogens with one attached hydrogen (secondary N) is 1. The number of allylic oxidation sites excluding steroid dienone is 1. The highest BCUT2D eigenvalue weighted by Gasteiger charge is 2.27. The Bertz CT molecular complexity index is 756. The molecule has 4 atom stereocenters. The minimum atomic E-state index is -4.38. The molecule has 4 unspecified atom stereocenters. The summed E-state index contributed by atoms with van der Waals surface area (Å²) in [4.78, 5) is 22.6. The van der Waals surface area contributed by atoms with Crippen molar-refractivity contribution in [1.82, 2.24) is 5.32 Å². The quantitative estimate of drug-likeness (QED) is 0.0254. The van der Waals surface area contributed by atoms with Crippen molar-refractivity contribution in [3.05, 3.63) is 12.2 Å². The molecule has 0 aliphatic rings. The molecule has 0 aliphatic heterocycles. The van der Waals surface area contributed by atoms with E-state index in [-0.39, 0.29) is 19.6 Å². The van der Waals surface area contributed by atoms with Crippen LogP contribution < -0.4 is 11.1 Å². The zero-order valence-corrected chi connectivity index (χ0v) is 30.6. The van der Waals surface area contributed by atoms with Crippen LogP contribution in [0.3, 0.4) is 0 Å². The van der Waals surface area contributed by atoms with Crippen molar-refractivity contribution in [2.45, 2.75) is 193 Å². The van der Waals surface area contributed by atoms with E-state index < -0.39 is 38.6 Å². The normalized spacial score (nSPS) is 15.2. The maximum atomic E-state index is 12.7. The average Bonchev–Trinajstić information content (AvgIpc) is 3.03. The standard InChI is InChI=1S/C36H73N2O7P/c1-3-5-7-9-11-13-15-16-18-19-21-23-25-27-33(39)31-36(41)38-34(32-45-46(42,43)44-30-29-37)35(40)28-26-24-22-20-17-14-12-10-8-6-4-2/h26,28,33-35,39-40H,3-25,27,29-32,37H2,1-2H3,(H,38,41)(H,42,43)/b28-26+. The summed E-state index contributed by atoms with van der Waals surface area (Å²) < 4.78 is 21.9. The lowest BCUT2D eigenvalue weighted by Crippen LogP contribution is -2.46. The highest BCUT2D eigenvalue weighted by Crippen LogP contribution is 2.43. The van der Waals surface area contributed by atoms with Crippen LogP contribution in [0.25, 0.3) is 0 Å². The van der Waals surface area contributed by atoms with Crippen LogP contribution in [-0.4, -0.2) is 59.0 Å². The second kappa shape index (κ2) is 32.7. The van der Waals surface area contributed by atoms with E-state index in [0.717, 1.165) is 38.5 Å². The summed E-state index contributed by atoms with van der Waals surface area (Å²) in [5.41, 5.74) is 5.34. The molecule has 9 nitrogen and oxygen atoms in total. The molecule has 0 saturated carbocycles. The minimum Gasteiger partial charge on any atom is -0.393 e. The molecule has 0 saturated heterocycles. The van der Waals surface area contributed by atoms with E-state index in [1.54, 1.807) is 6.08 Å². The van der Waals surface area contributed by atoms with Gasteiger partial charge in [-0.15, -0.1) is 0 Å². The predicted molar refractivity (Wildman–Crippen MR) is 191 cm³/mol.